The quantitative estimate of drug-likeness (QED) is 0.619. The zero-order valence-corrected chi connectivity index (χ0v) is 16.9. The Morgan fingerprint density at radius 1 is 1.18 bits per heavy atom. The number of carbonyl (C=O) groups excluding carboxylic acids is 2. The van der Waals surface area contributed by atoms with Crippen molar-refractivity contribution in [3.05, 3.63) is 63.1 Å². The minimum Gasteiger partial charge on any atom is -0.451 e. The van der Waals surface area contributed by atoms with Crippen molar-refractivity contribution in [3.63, 3.8) is 0 Å². The van der Waals surface area contributed by atoms with E-state index in [2.05, 4.69) is 15.5 Å². The van der Waals surface area contributed by atoms with Gasteiger partial charge in [-0.2, -0.15) is 9.90 Å². The molecular weight excluding hydrogens is 376 g/mol. The van der Waals surface area contributed by atoms with Crippen LogP contribution in [-0.4, -0.2) is 40.0 Å². The number of thiophene rings is 1. The van der Waals surface area contributed by atoms with Gasteiger partial charge < -0.3 is 10.1 Å². The Balaban J connectivity index is 1.55. The van der Waals surface area contributed by atoms with E-state index >= 15 is 0 Å². The van der Waals surface area contributed by atoms with Crippen molar-refractivity contribution < 1.29 is 14.3 Å². The lowest BCUT2D eigenvalue weighted by Gasteiger charge is -2.05. The number of aromatic nitrogens is 3. The van der Waals surface area contributed by atoms with Crippen LogP contribution in [0.3, 0.4) is 0 Å². The Morgan fingerprint density at radius 3 is 2.71 bits per heavy atom. The summed E-state index contributed by atoms with van der Waals surface area (Å²) >= 11 is 1.64. The summed E-state index contributed by atoms with van der Waals surface area (Å²) in [6, 6.07) is 9.86. The molecule has 0 radical (unpaired) electrons. The first-order chi connectivity index (χ1) is 13.4. The summed E-state index contributed by atoms with van der Waals surface area (Å²) in [5.74, 6) is -1.01. The molecule has 0 bridgehead atoms. The predicted molar refractivity (Wildman–Crippen MR) is 107 cm³/mol. The first-order valence-corrected chi connectivity index (χ1v) is 9.80. The van der Waals surface area contributed by atoms with Crippen LogP contribution in [0.4, 0.5) is 0 Å². The summed E-state index contributed by atoms with van der Waals surface area (Å²) < 4.78 is 5.09. The van der Waals surface area contributed by atoms with E-state index in [1.54, 1.807) is 18.3 Å². The standard InChI is InChI=1S/C20H22N4O3S/c1-13-6-7-17(14(2)11-13)24-22-15(3)19(23-24)20(26)27-12-18(25)21-9-8-16-5-4-10-28-16/h4-7,10-11H,8-9,12H2,1-3H3,(H,21,25). The minimum atomic E-state index is -0.665. The van der Waals surface area contributed by atoms with Gasteiger partial charge in [0.25, 0.3) is 5.91 Å². The van der Waals surface area contributed by atoms with Crippen LogP contribution in [0.25, 0.3) is 5.69 Å². The molecule has 0 spiro atoms. The fraction of sp³-hybridized carbons (Fsp3) is 0.300. The van der Waals surface area contributed by atoms with Crippen LogP contribution >= 0.6 is 11.3 Å². The van der Waals surface area contributed by atoms with Crippen molar-refractivity contribution in [1.82, 2.24) is 20.3 Å². The van der Waals surface area contributed by atoms with Crippen LogP contribution in [0.5, 0.6) is 0 Å². The molecule has 1 aromatic carbocycles. The smallest absolute Gasteiger partial charge is 0.361 e. The molecule has 1 N–H and O–H groups in total. The third-order valence-electron chi connectivity index (χ3n) is 4.15. The second-order valence-corrected chi connectivity index (χ2v) is 7.50. The van der Waals surface area contributed by atoms with Gasteiger partial charge in [-0.15, -0.1) is 16.4 Å². The molecule has 2 heterocycles. The molecule has 7 nitrogen and oxygen atoms in total. The number of nitrogens with one attached hydrogen (secondary N) is 1. The number of ether oxygens (including phenoxy) is 1. The molecule has 28 heavy (non-hydrogen) atoms. The molecule has 2 aromatic heterocycles. The predicted octanol–water partition coefficient (Wildman–Crippen LogP) is 2.77. The molecular formula is C20H22N4O3S. The van der Waals surface area contributed by atoms with Gasteiger partial charge in [0.2, 0.25) is 0 Å². The number of hydrogen-bond acceptors (Lipinski definition) is 6. The van der Waals surface area contributed by atoms with Crippen LogP contribution in [0.15, 0.2) is 35.7 Å². The molecule has 0 fully saturated rings. The van der Waals surface area contributed by atoms with Crippen LogP contribution in [-0.2, 0) is 16.0 Å². The average molecular weight is 398 g/mol. The Labute approximate surface area is 167 Å². The monoisotopic (exact) mass is 398 g/mol. The van der Waals surface area contributed by atoms with Gasteiger partial charge in [-0.25, -0.2) is 4.79 Å². The number of nitrogens with zero attached hydrogens (tertiary/aromatic N) is 3. The molecule has 146 valence electrons. The van der Waals surface area contributed by atoms with Crippen LogP contribution in [0.2, 0.25) is 0 Å². The minimum absolute atomic E-state index is 0.103. The van der Waals surface area contributed by atoms with Gasteiger partial charge in [-0.3, -0.25) is 4.79 Å². The lowest BCUT2D eigenvalue weighted by atomic mass is 10.1. The first kappa shape index (κ1) is 19.8. The number of benzene rings is 1. The van der Waals surface area contributed by atoms with E-state index in [0.29, 0.717) is 12.2 Å². The Bertz CT molecular complexity index is 980. The maximum atomic E-state index is 12.3. The first-order valence-electron chi connectivity index (χ1n) is 8.92. The summed E-state index contributed by atoms with van der Waals surface area (Å²) in [7, 11) is 0. The van der Waals surface area contributed by atoms with Crippen molar-refractivity contribution in [2.45, 2.75) is 27.2 Å². The molecule has 0 saturated heterocycles. The summed E-state index contributed by atoms with van der Waals surface area (Å²) in [5.41, 5.74) is 3.48. The van der Waals surface area contributed by atoms with Gasteiger partial charge in [0, 0.05) is 11.4 Å². The third-order valence-corrected chi connectivity index (χ3v) is 5.09. The largest absolute Gasteiger partial charge is 0.451 e. The molecule has 1 amide bonds. The topological polar surface area (TPSA) is 86.1 Å². The maximum Gasteiger partial charge on any atom is 0.361 e. The van der Waals surface area contributed by atoms with E-state index in [1.807, 2.05) is 49.6 Å². The fourth-order valence-corrected chi connectivity index (χ4v) is 3.44. The van der Waals surface area contributed by atoms with Gasteiger partial charge in [0.15, 0.2) is 12.3 Å². The molecule has 0 aliphatic rings. The molecule has 0 unspecified atom stereocenters. The maximum absolute atomic E-state index is 12.3. The second kappa shape index (κ2) is 8.79. The molecule has 0 aliphatic carbocycles. The fourth-order valence-electron chi connectivity index (χ4n) is 2.74. The molecule has 0 atom stereocenters. The van der Waals surface area contributed by atoms with Crippen molar-refractivity contribution in [3.8, 4) is 5.69 Å². The lowest BCUT2D eigenvalue weighted by Crippen LogP contribution is -2.30. The number of aryl methyl sites for hydroxylation is 3. The summed E-state index contributed by atoms with van der Waals surface area (Å²) in [4.78, 5) is 26.8. The zero-order chi connectivity index (χ0) is 20.1. The van der Waals surface area contributed by atoms with Crippen LogP contribution < -0.4 is 5.32 Å². The van der Waals surface area contributed by atoms with E-state index < -0.39 is 5.97 Å². The van der Waals surface area contributed by atoms with Crippen LogP contribution in [0, 0.1) is 20.8 Å². The summed E-state index contributed by atoms with van der Waals surface area (Å²) in [6.07, 6.45) is 0.751. The van der Waals surface area contributed by atoms with E-state index in [1.165, 1.54) is 9.67 Å². The Hall–Kier alpha value is -3.00. The molecule has 0 saturated carbocycles. The number of rotatable bonds is 7. The lowest BCUT2D eigenvalue weighted by molar-refractivity contribution is -0.124. The van der Waals surface area contributed by atoms with Gasteiger partial charge >= 0.3 is 5.97 Å². The molecule has 3 aromatic rings. The highest BCUT2D eigenvalue weighted by Crippen LogP contribution is 2.15. The van der Waals surface area contributed by atoms with Crippen molar-refractivity contribution in [2.24, 2.45) is 0 Å². The molecule has 8 heteroatoms. The van der Waals surface area contributed by atoms with Gasteiger partial charge in [-0.1, -0.05) is 23.8 Å². The van der Waals surface area contributed by atoms with Gasteiger partial charge in [0.1, 0.15) is 0 Å². The average Bonchev–Trinajstić information content (AvgIpc) is 3.29. The van der Waals surface area contributed by atoms with E-state index in [0.717, 1.165) is 23.2 Å². The number of esters is 1. The summed E-state index contributed by atoms with van der Waals surface area (Å²) in [6.45, 7) is 5.80. The number of hydrogen-bond donors (Lipinski definition) is 1. The highest BCUT2D eigenvalue weighted by Gasteiger charge is 2.19. The normalized spacial score (nSPS) is 10.7. The second-order valence-electron chi connectivity index (χ2n) is 6.47. The van der Waals surface area contributed by atoms with Gasteiger partial charge in [0.05, 0.1) is 11.4 Å². The van der Waals surface area contributed by atoms with Crippen molar-refractivity contribution in [1.29, 1.82) is 0 Å². The number of carbonyl (C=O) groups is 2. The Morgan fingerprint density at radius 2 is 2.00 bits per heavy atom. The number of amides is 1. The SMILES string of the molecule is Cc1ccc(-n2nc(C)c(C(=O)OCC(=O)NCCc3cccs3)n2)c(C)c1. The van der Waals surface area contributed by atoms with E-state index in [-0.39, 0.29) is 18.2 Å². The summed E-state index contributed by atoms with van der Waals surface area (Å²) in [5, 5.41) is 13.3. The van der Waals surface area contributed by atoms with Crippen molar-refractivity contribution in [2.75, 3.05) is 13.2 Å². The van der Waals surface area contributed by atoms with E-state index in [4.69, 9.17) is 4.74 Å². The van der Waals surface area contributed by atoms with Crippen molar-refractivity contribution >= 4 is 23.2 Å². The van der Waals surface area contributed by atoms with Gasteiger partial charge in [-0.05, 0) is 50.3 Å². The van der Waals surface area contributed by atoms with Crippen LogP contribution in [0.1, 0.15) is 32.2 Å². The highest BCUT2D eigenvalue weighted by atomic mass is 32.1. The molecule has 0 aliphatic heterocycles. The highest BCUT2D eigenvalue weighted by molar-refractivity contribution is 7.09. The Kier molecular flexibility index (Phi) is 6.20. The zero-order valence-electron chi connectivity index (χ0n) is 16.1. The molecule has 3 rings (SSSR count). The third kappa shape index (κ3) is 4.83. The van der Waals surface area contributed by atoms with E-state index in [9.17, 15) is 9.59 Å².